The second-order valence-corrected chi connectivity index (χ2v) is 7.77. The van der Waals surface area contributed by atoms with Crippen LogP contribution in [0.25, 0.3) is 0 Å². The lowest BCUT2D eigenvalue weighted by atomic mass is 10.3. The lowest BCUT2D eigenvalue weighted by Crippen LogP contribution is -2.31. The van der Waals surface area contributed by atoms with Gasteiger partial charge in [-0.15, -0.1) is 11.8 Å². The quantitative estimate of drug-likeness (QED) is 0.479. The van der Waals surface area contributed by atoms with E-state index in [4.69, 9.17) is 9.84 Å². The van der Waals surface area contributed by atoms with Gasteiger partial charge in [-0.1, -0.05) is 6.07 Å². The normalized spacial score (nSPS) is 16.0. The molecule has 3 rings (SSSR count). The summed E-state index contributed by atoms with van der Waals surface area (Å²) in [6.07, 6.45) is 1.72. The molecule has 0 saturated carbocycles. The highest BCUT2D eigenvalue weighted by atomic mass is 32.2. The minimum Gasteiger partial charge on any atom is -0.494 e. The molecule has 1 heterocycles. The number of thioether (sulfide) groups is 1. The third-order valence-electron chi connectivity index (χ3n) is 4.27. The predicted molar refractivity (Wildman–Crippen MR) is 116 cm³/mol. The van der Waals surface area contributed by atoms with Crippen LogP contribution in [0.2, 0.25) is 0 Å². The van der Waals surface area contributed by atoms with E-state index in [-0.39, 0.29) is 18.2 Å². The van der Waals surface area contributed by atoms with Crippen LogP contribution in [-0.4, -0.2) is 40.7 Å². The summed E-state index contributed by atoms with van der Waals surface area (Å²) in [7, 11) is 0. The maximum Gasteiger partial charge on any atom is 0.328 e. The number of aliphatic carboxylic acids is 1. The number of ether oxygens (including phenoxy) is 1. The minimum atomic E-state index is -1.22. The summed E-state index contributed by atoms with van der Waals surface area (Å²) >= 11 is 1.23. The average Bonchev–Trinajstić information content (AvgIpc) is 3.00. The van der Waals surface area contributed by atoms with E-state index in [2.05, 4.69) is 5.32 Å². The Morgan fingerprint density at radius 1 is 1.19 bits per heavy atom. The Labute approximate surface area is 182 Å². The highest BCUT2D eigenvalue weighted by molar-refractivity contribution is 8.00. The van der Waals surface area contributed by atoms with Gasteiger partial charge in [0, 0.05) is 29.2 Å². The van der Waals surface area contributed by atoms with Crippen LogP contribution in [0.1, 0.15) is 13.3 Å². The minimum absolute atomic E-state index is 0.0641. The number of hydrogen-bond acceptors (Lipinski definition) is 6. The van der Waals surface area contributed by atoms with Crippen molar-refractivity contribution in [3.63, 3.8) is 0 Å². The Morgan fingerprint density at radius 3 is 2.61 bits per heavy atom. The number of imide groups is 1. The van der Waals surface area contributed by atoms with Crippen molar-refractivity contribution in [3.05, 3.63) is 60.7 Å². The third kappa shape index (κ3) is 5.73. The smallest absolute Gasteiger partial charge is 0.328 e. The molecule has 1 aliphatic heterocycles. The van der Waals surface area contributed by atoms with Gasteiger partial charge in [0.15, 0.2) is 0 Å². The third-order valence-corrected chi connectivity index (χ3v) is 5.45. The molecular formula is C22H20N2O6S. The molecule has 0 aromatic heterocycles. The number of amides is 3. The van der Waals surface area contributed by atoms with Gasteiger partial charge in [-0.2, -0.15) is 0 Å². The molecule has 2 N–H and O–H groups in total. The number of hydrogen-bond donors (Lipinski definition) is 2. The molecule has 2 aromatic carbocycles. The molecule has 0 aliphatic carbocycles. The van der Waals surface area contributed by atoms with Crippen molar-refractivity contribution in [2.75, 3.05) is 16.8 Å². The monoisotopic (exact) mass is 440 g/mol. The van der Waals surface area contributed by atoms with Gasteiger partial charge < -0.3 is 15.2 Å². The van der Waals surface area contributed by atoms with Crippen LogP contribution in [0.15, 0.2) is 65.6 Å². The summed E-state index contributed by atoms with van der Waals surface area (Å²) in [6, 6.07) is 13.5. The highest BCUT2D eigenvalue weighted by Crippen LogP contribution is 2.35. The highest BCUT2D eigenvalue weighted by Gasteiger charge is 2.40. The number of nitrogens with zero attached hydrogens (tertiary/aromatic N) is 1. The first-order chi connectivity index (χ1) is 14.9. The van der Waals surface area contributed by atoms with E-state index in [0.29, 0.717) is 28.6 Å². The van der Waals surface area contributed by atoms with E-state index in [1.54, 1.807) is 48.5 Å². The summed E-state index contributed by atoms with van der Waals surface area (Å²) in [5.74, 6) is -1.74. The number of rotatable bonds is 8. The van der Waals surface area contributed by atoms with Crippen molar-refractivity contribution in [3.8, 4) is 5.75 Å². The summed E-state index contributed by atoms with van der Waals surface area (Å²) < 4.78 is 5.39. The maximum absolute atomic E-state index is 12.9. The molecule has 0 spiro atoms. The van der Waals surface area contributed by atoms with Crippen LogP contribution in [0.3, 0.4) is 0 Å². The van der Waals surface area contributed by atoms with E-state index in [1.165, 1.54) is 16.7 Å². The number of carboxylic acid groups (broad SMARTS) is 1. The average molecular weight is 440 g/mol. The number of carboxylic acids is 1. The van der Waals surface area contributed by atoms with Crippen molar-refractivity contribution in [2.45, 2.75) is 23.5 Å². The van der Waals surface area contributed by atoms with Crippen LogP contribution >= 0.6 is 11.8 Å². The molecule has 3 amide bonds. The molecule has 1 fully saturated rings. The Hall–Kier alpha value is -3.59. The number of nitrogens with one attached hydrogen (secondary N) is 1. The molecule has 9 heteroatoms. The fraction of sp³-hybridized carbons (Fsp3) is 0.182. The largest absolute Gasteiger partial charge is 0.494 e. The zero-order valence-electron chi connectivity index (χ0n) is 16.6. The summed E-state index contributed by atoms with van der Waals surface area (Å²) in [5, 5.41) is 10.5. The van der Waals surface area contributed by atoms with Gasteiger partial charge >= 0.3 is 5.97 Å². The van der Waals surface area contributed by atoms with E-state index in [9.17, 15) is 19.2 Å². The lowest BCUT2D eigenvalue weighted by molar-refractivity contribution is -0.131. The van der Waals surface area contributed by atoms with Crippen LogP contribution in [0, 0.1) is 0 Å². The van der Waals surface area contributed by atoms with Gasteiger partial charge in [0.1, 0.15) is 5.75 Å². The van der Waals surface area contributed by atoms with Crippen molar-refractivity contribution in [1.29, 1.82) is 0 Å². The number of carbonyl (C=O) groups excluding carboxylic acids is 3. The fourth-order valence-electron chi connectivity index (χ4n) is 2.97. The molecule has 1 aliphatic rings. The Balaban J connectivity index is 1.68. The molecule has 1 atom stereocenters. The SMILES string of the molecule is CCOc1ccc(N2C(=O)CC(Sc3cccc(NC(=O)C=CC(=O)O)c3)C2=O)cc1. The van der Waals surface area contributed by atoms with Crippen molar-refractivity contribution >= 4 is 46.8 Å². The van der Waals surface area contributed by atoms with E-state index in [1.807, 2.05) is 6.92 Å². The second-order valence-electron chi connectivity index (χ2n) is 6.49. The summed E-state index contributed by atoms with van der Waals surface area (Å²) in [5.41, 5.74) is 0.943. The molecular weight excluding hydrogens is 420 g/mol. The molecule has 8 nitrogen and oxygen atoms in total. The van der Waals surface area contributed by atoms with Crippen LogP contribution in [-0.2, 0) is 19.2 Å². The van der Waals surface area contributed by atoms with Gasteiger partial charge in [-0.25, -0.2) is 9.69 Å². The van der Waals surface area contributed by atoms with E-state index in [0.717, 1.165) is 12.2 Å². The Kier molecular flexibility index (Phi) is 7.09. The van der Waals surface area contributed by atoms with Gasteiger partial charge in [0.25, 0.3) is 0 Å². The Morgan fingerprint density at radius 2 is 1.94 bits per heavy atom. The fourth-order valence-corrected chi connectivity index (χ4v) is 4.08. The number of carbonyl (C=O) groups is 4. The van der Waals surface area contributed by atoms with Gasteiger partial charge in [-0.3, -0.25) is 14.4 Å². The zero-order chi connectivity index (χ0) is 22.4. The van der Waals surface area contributed by atoms with Gasteiger partial charge in [0.05, 0.1) is 17.5 Å². The Bertz CT molecular complexity index is 1030. The molecule has 2 aromatic rings. The molecule has 31 heavy (non-hydrogen) atoms. The first-order valence-electron chi connectivity index (χ1n) is 9.45. The van der Waals surface area contributed by atoms with Crippen molar-refractivity contribution in [1.82, 2.24) is 0 Å². The van der Waals surface area contributed by atoms with Crippen LogP contribution < -0.4 is 15.0 Å². The standard InChI is InChI=1S/C22H20N2O6S/c1-2-30-16-8-6-15(7-9-16)24-20(26)13-18(22(24)29)31-17-5-3-4-14(12-17)23-19(25)10-11-21(27)28/h3-12,18H,2,13H2,1H3,(H,23,25)(H,27,28). The van der Waals surface area contributed by atoms with Crippen molar-refractivity contribution in [2.24, 2.45) is 0 Å². The summed E-state index contributed by atoms with van der Waals surface area (Å²) in [6.45, 7) is 2.39. The lowest BCUT2D eigenvalue weighted by Gasteiger charge is -2.15. The molecule has 0 radical (unpaired) electrons. The number of benzene rings is 2. The zero-order valence-corrected chi connectivity index (χ0v) is 17.4. The van der Waals surface area contributed by atoms with Crippen LogP contribution in [0.4, 0.5) is 11.4 Å². The summed E-state index contributed by atoms with van der Waals surface area (Å²) in [4.78, 5) is 49.5. The molecule has 1 unspecified atom stereocenters. The molecule has 160 valence electrons. The maximum atomic E-state index is 12.9. The van der Waals surface area contributed by atoms with Crippen LogP contribution in [0.5, 0.6) is 5.75 Å². The van der Waals surface area contributed by atoms with Gasteiger partial charge in [0.2, 0.25) is 17.7 Å². The predicted octanol–water partition coefficient (Wildman–Crippen LogP) is 3.09. The first kappa shape index (κ1) is 22.1. The van der Waals surface area contributed by atoms with E-state index >= 15 is 0 Å². The molecule has 0 bridgehead atoms. The van der Waals surface area contributed by atoms with Crippen molar-refractivity contribution < 1.29 is 29.0 Å². The van der Waals surface area contributed by atoms with Gasteiger partial charge in [-0.05, 0) is 49.4 Å². The van der Waals surface area contributed by atoms with E-state index < -0.39 is 17.1 Å². The number of anilines is 2. The molecule has 1 saturated heterocycles. The first-order valence-corrected chi connectivity index (χ1v) is 10.3. The topological polar surface area (TPSA) is 113 Å². The second kappa shape index (κ2) is 9.94.